The van der Waals surface area contributed by atoms with E-state index in [4.69, 9.17) is 0 Å². The molecule has 0 bridgehead atoms. The van der Waals surface area contributed by atoms with Crippen LogP contribution in [-0.2, 0) is 0 Å². The molecule has 0 aliphatic carbocycles. The molecule has 0 saturated carbocycles. The fourth-order valence-electron chi connectivity index (χ4n) is 2.14. The average molecular weight is 316 g/mol. The molecule has 1 unspecified atom stereocenters. The van der Waals surface area contributed by atoms with Crippen molar-refractivity contribution in [2.45, 2.75) is 25.9 Å². The molecular weight excluding hydrogens is 300 g/mol. The largest absolute Gasteiger partial charge is 0.391 e. The van der Waals surface area contributed by atoms with Gasteiger partial charge in [0.25, 0.3) is 0 Å². The summed E-state index contributed by atoms with van der Waals surface area (Å²) < 4.78 is 0. The molecular formula is C15H16N4O2S. The number of fused-ring (bicyclic) bond motifs is 1. The highest BCUT2D eigenvalue weighted by Gasteiger charge is 2.20. The van der Waals surface area contributed by atoms with Crippen molar-refractivity contribution < 1.29 is 9.90 Å². The van der Waals surface area contributed by atoms with Crippen molar-refractivity contribution in [3.8, 4) is 11.4 Å². The lowest BCUT2D eigenvalue weighted by Crippen LogP contribution is -2.17. The molecule has 2 aromatic rings. The molecule has 0 fully saturated rings. The van der Waals surface area contributed by atoms with Crippen LogP contribution in [0.2, 0.25) is 0 Å². The maximum atomic E-state index is 11.9. The Morgan fingerprint density at radius 1 is 1.50 bits per heavy atom. The molecule has 7 heteroatoms. The molecule has 3 rings (SSSR count). The van der Waals surface area contributed by atoms with Crippen molar-refractivity contribution in [3.05, 3.63) is 23.2 Å². The third kappa shape index (κ3) is 2.90. The standard InChI is InChI=1S/C15H16N4O2S/c1-2-9(20)7-18-15-19-11(8-22-15)14-13-10(3-5-17-14)12(21)4-6-16-13/h3,5-6,8-9,20H,2,4,7H2,1H3,(H,18,19). The summed E-state index contributed by atoms with van der Waals surface area (Å²) in [6, 6.07) is 1.70. The number of carbonyl (C=O) groups is 1. The van der Waals surface area contributed by atoms with Gasteiger partial charge in [-0.05, 0) is 12.5 Å². The zero-order chi connectivity index (χ0) is 15.5. The zero-order valence-corrected chi connectivity index (χ0v) is 12.9. The predicted molar refractivity (Wildman–Crippen MR) is 87.2 cm³/mol. The minimum absolute atomic E-state index is 0.0493. The number of anilines is 1. The first-order chi connectivity index (χ1) is 10.7. The average Bonchev–Trinajstić information content (AvgIpc) is 3.01. The lowest BCUT2D eigenvalue weighted by atomic mass is 10.0. The van der Waals surface area contributed by atoms with Gasteiger partial charge in [-0.1, -0.05) is 6.92 Å². The Kier molecular flexibility index (Phi) is 4.26. The van der Waals surface area contributed by atoms with Gasteiger partial charge in [-0.2, -0.15) is 0 Å². The van der Waals surface area contributed by atoms with Crippen molar-refractivity contribution in [2.75, 3.05) is 11.9 Å². The van der Waals surface area contributed by atoms with Gasteiger partial charge < -0.3 is 10.4 Å². The summed E-state index contributed by atoms with van der Waals surface area (Å²) in [6.07, 6.45) is 3.85. The minimum Gasteiger partial charge on any atom is -0.391 e. The highest BCUT2D eigenvalue weighted by Crippen LogP contribution is 2.35. The van der Waals surface area contributed by atoms with Crippen molar-refractivity contribution in [3.63, 3.8) is 0 Å². The van der Waals surface area contributed by atoms with Crippen LogP contribution in [0.25, 0.3) is 11.4 Å². The molecule has 1 atom stereocenters. The summed E-state index contributed by atoms with van der Waals surface area (Å²) in [5, 5.41) is 15.3. The second kappa shape index (κ2) is 6.33. The van der Waals surface area contributed by atoms with Crippen LogP contribution in [0.15, 0.2) is 22.6 Å². The molecule has 0 saturated heterocycles. The second-order valence-corrected chi connectivity index (χ2v) is 5.83. The number of Topliss-reactive ketones (excluding diaryl/α,β-unsaturated/α-hetero) is 1. The second-order valence-electron chi connectivity index (χ2n) is 4.98. The monoisotopic (exact) mass is 316 g/mol. The number of ketones is 1. The van der Waals surface area contributed by atoms with Crippen LogP contribution >= 0.6 is 11.3 Å². The van der Waals surface area contributed by atoms with E-state index in [2.05, 4.69) is 20.3 Å². The number of aliphatic hydroxyl groups excluding tert-OH is 1. The smallest absolute Gasteiger partial charge is 0.183 e. The number of aliphatic imine (C=N–C) groups is 1. The van der Waals surface area contributed by atoms with E-state index in [-0.39, 0.29) is 5.78 Å². The Bertz CT molecular complexity index is 726. The van der Waals surface area contributed by atoms with E-state index < -0.39 is 6.10 Å². The molecule has 1 aliphatic heterocycles. The van der Waals surface area contributed by atoms with Gasteiger partial charge in [-0.3, -0.25) is 14.8 Å². The van der Waals surface area contributed by atoms with Gasteiger partial charge in [0.15, 0.2) is 10.9 Å². The zero-order valence-electron chi connectivity index (χ0n) is 12.1. The Labute approximate surface area is 132 Å². The van der Waals surface area contributed by atoms with Gasteiger partial charge >= 0.3 is 0 Å². The van der Waals surface area contributed by atoms with Crippen LogP contribution in [0, 0.1) is 0 Å². The number of aromatic nitrogens is 2. The van der Waals surface area contributed by atoms with Crippen LogP contribution in [0.3, 0.4) is 0 Å². The van der Waals surface area contributed by atoms with E-state index in [9.17, 15) is 9.90 Å². The quantitative estimate of drug-likeness (QED) is 0.885. The fraction of sp³-hybridized carbons (Fsp3) is 0.333. The molecule has 6 nitrogen and oxygen atoms in total. The van der Waals surface area contributed by atoms with E-state index in [1.807, 2.05) is 12.3 Å². The van der Waals surface area contributed by atoms with Gasteiger partial charge in [0, 0.05) is 36.3 Å². The molecule has 0 radical (unpaired) electrons. The van der Waals surface area contributed by atoms with E-state index in [0.29, 0.717) is 47.2 Å². The predicted octanol–water partition coefficient (Wildman–Crippen LogP) is 2.68. The molecule has 0 spiro atoms. The number of rotatable bonds is 5. The highest BCUT2D eigenvalue weighted by atomic mass is 32.1. The molecule has 3 heterocycles. The Morgan fingerprint density at radius 2 is 2.36 bits per heavy atom. The number of hydrogen-bond donors (Lipinski definition) is 2. The van der Waals surface area contributed by atoms with Crippen LogP contribution in [0.5, 0.6) is 0 Å². The number of hydrogen-bond acceptors (Lipinski definition) is 7. The van der Waals surface area contributed by atoms with Gasteiger partial charge in [0.2, 0.25) is 0 Å². The molecule has 114 valence electrons. The van der Waals surface area contributed by atoms with Crippen molar-refractivity contribution in [1.82, 2.24) is 9.97 Å². The van der Waals surface area contributed by atoms with Crippen LogP contribution in [0.4, 0.5) is 10.8 Å². The number of nitrogens with one attached hydrogen (secondary N) is 1. The molecule has 22 heavy (non-hydrogen) atoms. The number of carbonyl (C=O) groups excluding carboxylic acids is 1. The third-order valence-corrected chi connectivity index (χ3v) is 4.23. The number of thiazole rings is 1. The molecule has 0 aromatic carbocycles. The first-order valence-electron chi connectivity index (χ1n) is 7.11. The first kappa shape index (κ1) is 14.8. The maximum Gasteiger partial charge on any atom is 0.183 e. The van der Waals surface area contributed by atoms with Gasteiger partial charge in [0.1, 0.15) is 17.1 Å². The van der Waals surface area contributed by atoms with Gasteiger partial charge in [0.05, 0.1) is 6.10 Å². The fourth-order valence-corrected chi connectivity index (χ4v) is 2.85. The Hall–Kier alpha value is -2.12. The first-order valence-corrected chi connectivity index (χ1v) is 7.99. The minimum atomic E-state index is -0.391. The highest BCUT2D eigenvalue weighted by molar-refractivity contribution is 7.14. The summed E-state index contributed by atoms with van der Waals surface area (Å²) in [5.74, 6) is 0.0493. The van der Waals surface area contributed by atoms with Gasteiger partial charge in [-0.25, -0.2) is 4.98 Å². The lowest BCUT2D eigenvalue weighted by Gasteiger charge is -2.11. The third-order valence-electron chi connectivity index (χ3n) is 3.43. The topological polar surface area (TPSA) is 87.5 Å². The maximum absolute atomic E-state index is 11.9. The Balaban J connectivity index is 1.87. The van der Waals surface area contributed by atoms with E-state index in [1.54, 1.807) is 18.5 Å². The summed E-state index contributed by atoms with van der Waals surface area (Å²) in [6.45, 7) is 2.38. The summed E-state index contributed by atoms with van der Waals surface area (Å²) in [5.41, 5.74) is 2.48. The summed E-state index contributed by atoms with van der Waals surface area (Å²) in [4.78, 5) is 25.0. The molecule has 2 N–H and O–H groups in total. The number of pyridine rings is 1. The lowest BCUT2D eigenvalue weighted by molar-refractivity contribution is 0.100. The molecule has 0 amide bonds. The Morgan fingerprint density at radius 3 is 3.18 bits per heavy atom. The van der Waals surface area contributed by atoms with Crippen molar-refractivity contribution >= 4 is 34.2 Å². The number of aliphatic hydroxyl groups is 1. The molecule has 2 aromatic heterocycles. The van der Waals surface area contributed by atoms with E-state index in [1.165, 1.54) is 11.3 Å². The van der Waals surface area contributed by atoms with Crippen LogP contribution < -0.4 is 5.32 Å². The summed E-state index contributed by atoms with van der Waals surface area (Å²) in [7, 11) is 0. The van der Waals surface area contributed by atoms with Crippen LogP contribution in [-0.4, -0.2) is 39.7 Å². The molecule has 1 aliphatic rings. The van der Waals surface area contributed by atoms with Crippen LogP contribution in [0.1, 0.15) is 30.1 Å². The normalized spacial score (nSPS) is 14.7. The van der Waals surface area contributed by atoms with Crippen molar-refractivity contribution in [2.24, 2.45) is 4.99 Å². The SMILES string of the molecule is CCC(O)CNc1nc(-c2nccc3c2N=CCC3=O)cs1. The van der Waals surface area contributed by atoms with Gasteiger partial charge in [-0.15, -0.1) is 11.3 Å². The van der Waals surface area contributed by atoms with E-state index in [0.717, 1.165) is 0 Å². The number of nitrogens with zero attached hydrogens (tertiary/aromatic N) is 3. The summed E-state index contributed by atoms with van der Waals surface area (Å²) >= 11 is 1.44. The van der Waals surface area contributed by atoms with E-state index >= 15 is 0 Å². The van der Waals surface area contributed by atoms with Crippen molar-refractivity contribution in [1.29, 1.82) is 0 Å².